The van der Waals surface area contributed by atoms with Crippen LogP contribution in [0.25, 0.3) is 23.6 Å². The highest BCUT2D eigenvalue weighted by Gasteiger charge is 2.07. The Morgan fingerprint density at radius 3 is 2.76 bits per heavy atom. The lowest BCUT2D eigenvalue weighted by atomic mass is 10.2. The van der Waals surface area contributed by atoms with Crippen LogP contribution in [0.4, 0.5) is 0 Å². The Kier molecular flexibility index (Phi) is 3.61. The maximum absolute atomic E-state index is 10.8. The van der Waals surface area contributed by atoms with Crippen LogP contribution in [0.3, 0.4) is 0 Å². The number of rotatable bonds is 4. The monoisotopic (exact) mass is 298 g/mol. The minimum absolute atomic E-state index is 0.208. The van der Waals surface area contributed by atoms with Gasteiger partial charge in [-0.15, -0.1) is 11.3 Å². The molecule has 0 radical (unpaired) electrons. The summed E-state index contributed by atoms with van der Waals surface area (Å²) in [6, 6.07) is 9.59. The van der Waals surface area contributed by atoms with E-state index in [1.54, 1.807) is 18.4 Å². The lowest BCUT2D eigenvalue weighted by Gasteiger charge is -1.91. The summed E-state index contributed by atoms with van der Waals surface area (Å²) in [6.45, 7) is 0. The van der Waals surface area contributed by atoms with E-state index in [4.69, 9.17) is 9.52 Å². The highest BCUT2D eigenvalue weighted by Crippen LogP contribution is 2.20. The van der Waals surface area contributed by atoms with Gasteiger partial charge in [0.05, 0.1) is 6.20 Å². The molecule has 0 aliphatic rings. The predicted octanol–water partition coefficient (Wildman–Crippen LogP) is 3.67. The number of aromatic carboxylic acids is 1. The Bertz CT molecular complexity index is 790. The molecule has 0 fully saturated rings. The van der Waals surface area contributed by atoms with Crippen LogP contribution in [0.5, 0.6) is 0 Å². The zero-order valence-corrected chi connectivity index (χ0v) is 11.6. The second-order valence-electron chi connectivity index (χ2n) is 4.14. The van der Waals surface area contributed by atoms with Gasteiger partial charge in [0.1, 0.15) is 21.8 Å². The largest absolute Gasteiger partial charge is 0.477 e. The first-order valence-corrected chi connectivity index (χ1v) is 6.92. The molecule has 0 bridgehead atoms. The maximum atomic E-state index is 10.8. The molecular weight excluding hydrogens is 288 g/mol. The fraction of sp³-hybridized carbons (Fsp3) is 0. The third-order valence-electron chi connectivity index (χ3n) is 2.67. The van der Waals surface area contributed by atoms with Crippen LogP contribution in [0.2, 0.25) is 0 Å². The molecule has 1 N–H and O–H groups in total. The van der Waals surface area contributed by atoms with Crippen LogP contribution in [-0.4, -0.2) is 21.0 Å². The van der Waals surface area contributed by atoms with Crippen LogP contribution in [0.1, 0.15) is 20.4 Å². The van der Waals surface area contributed by atoms with Crippen LogP contribution in [0, 0.1) is 0 Å². The first-order valence-electron chi connectivity index (χ1n) is 6.10. The fourth-order valence-corrected chi connectivity index (χ4v) is 2.36. The summed E-state index contributed by atoms with van der Waals surface area (Å²) in [5, 5.41) is 9.44. The van der Waals surface area contributed by atoms with Crippen LogP contribution < -0.4 is 0 Å². The molecule has 5 nitrogen and oxygen atoms in total. The van der Waals surface area contributed by atoms with Crippen molar-refractivity contribution in [1.82, 2.24) is 9.97 Å². The molecule has 104 valence electrons. The second-order valence-corrected chi connectivity index (χ2v) is 5.21. The lowest BCUT2D eigenvalue weighted by molar-refractivity contribution is 0.0702. The first-order chi connectivity index (χ1) is 10.2. The third-order valence-corrected chi connectivity index (χ3v) is 3.62. The molecule has 0 aliphatic heterocycles. The minimum atomic E-state index is -0.972. The molecule has 2 heterocycles. The van der Waals surface area contributed by atoms with E-state index in [-0.39, 0.29) is 4.88 Å². The Morgan fingerprint density at radius 2 is 2.05 bits per heavy atom. The van der Waals surface area contributed by atoms with E-state index in [1.807, 2.05) is 30.3 Å². The van der Waals surface area contributed by atoms with Crippen molar-refractivity contribution in [3.63, 3.8) is 0 Å². The molecule has 6 heteroatoms. The van der Waals surface area contributed by atoms with Gasteiger partial charge < -0.3 is 9.52 Å². The number of hydrogen-bond donors (Lipinski definition) is 1. The van der Waals surface area contributed by atoms with E-state index in [0.717, 1.165) is 16.9 Å². The molecular formula is C15H10N2O3S. The number of nitrogens with zero attached hydrogens (tertiary/aromatic N) is 2. The second kappa shape index (κ2) is 5.72. The summed E-state index contributed by atoms with van der Waals surface area (Å²) < 4.78 is 5.41. The molecule has 0 saturated heterocycles. The van der Waals surface area contributed by atoms with Gasteiger partial charge in [0.15, 0.2) is 0 Å². The van der Waals surface area contributed by atoms with Gasteiger partial charge in [-0.25, -0.2) is 14.8 Å². The smallest absolute Gasteiger partial charge is 0.347 e. The minimum Gasteiger partial charge on any atom is -0.477 e. The van der Waals surface area contributed by atoms with Crippen molar-refractivity contribution in [3.8, 4) is 11.5 Å². The summed E-state index contributed by atoms with van der Waals surface area (Å²) in [7, 11) is 0. The quantitative estimate of drug-likeness (QED) is 0.795. The highest BCUT2D eigenvalue weighted by atomic mass is 32.1. The van der Waals surface area contributed by atoms with Crippen molar-refractivity contribution in [2.24, 2.45) is 0 Å². The number of carboxylic acids is 1. The van der Waals surface area contributed by atoms with Gasteiger partial charge in [-0.05, 0) is 24.3 Å². The summed E-state index contributed by atoms with van der Waals surface area (Å²) in [5.74, 6) is -0.430. The Morgan fingerprint density at radius 1 is 1.24 bits per heavy atom. The molecule has 0 atom stereocenters. The highest BCUT2D eigenvalue weighted by molar-refractivity contribution is 7.14. The van der Waals surface area contributed by atoms with E-state index >= 15 is 0 Å². The van der Waals surface area contributed by atoms with Crippen molar-refractivity contribution in [1.29, 1.82) is 0 Å². The number of benzene rings is 1. The molecule has 0 spiro atoms. The number of hydrogen-bond acceptors (Lipinski definition) is 5. The normalized spacial score (nSPS) is 11.0. The molecule has 0 unspecified atom stereocenters. The first kappa shape index (κ1) is 13.3. The van der Waals surface area contributed by atoms with Crippen LogP contribution in [0.15, 0.2) is 47.2 Å². The molecule has 0 saturated carbocycles. The van der Waals surface area contributed by atoms with E-state index in [2.05, 4.69) is 9.97 Å². The van der Waals surface area contributed by atoms with Gasteiger partial charge >= 0.3 is 5.97 Å². The Hall–Kier alpha value is -2.73. The fourth-order valence-electron chi connectivity index (χ4n) is 1.70. The average molecular weight is 298 g/mol. The van der Waals surface area contributed by atoms with Gasteiger partial charge in [0.25, 0.3) is 0 Å². The summed E-state index contributed by atoms with van der Waals surface area (Å²) >= 11 is 1.11. The van der Waals surface area contributed by atoms with E-state index in [0.29, 0.717) is 16.6 Å². The molecule has 21 heavy (non-hydrogen) atoms. The molecule has 3 aromatic rings. The lowest BCUT2D eigenvalue weighted by Crippen LogP contribution is -1.89. The van der Waals surface area contributed by atoms with Crippen LogP contribution in [-0.2, 0) is 0 Å². The van der Waals surface area contributed by atoms with Gasteiger partial charge in [0, 0.05) is 5.56 Å². The van der Waals surface area contributed by atoms with Crippen molar-refractivity contribution >= 4 is 29.5 Å². The summed E-state index contributed by atoms with van der Waals surface area (Å²) in [4.78, 5) is 19.3. The van der Waals surface area contributed by atoms with Gasteiger partial charge in [-0.1, -0.05) is 18.2 Å². The van der Waals surface area contributed by atoms with E-state index < -0.39 is 5.97 Å². The summed E-state index contributed by atoms with van der Waals surface area (Å²) in [5.41, 5.74) is 1.56. The SMILES string of the molecule is O=C(O)c1cnc(/C=C/c2coc(-c3ccccc3)n2)s1. The standard InChI is InChI=1S/C15H10N2O3S/c18-15(19)12-8-16-13(21-12)7-6-11-9-20-14(17-11)10-4-2-1-3-5-10/h1-9H,(H,18,19)/b7-6+. The summed E-state index contributed by atoms with van der Waals surface area (Å²) in [6.07, 6.45) is 6.33. The Balaban J connectivity index is 1.77. The van der Waals surface area contributed by atoms with Gasteiger partial charge in [-0.2, -0.15) is 0 Å². The maximum Gasteiger partial charge on any atom is 0.347 e. The van der Waals surface area contributed by atoms with Crippen molar-refractivity contribution in [3.05, 3.63) is 58.4 Å². The molecule has 0 amide bonds. The van der Waals surface area contributed by atoms with Crippen molar-refractivity contribution < 1.29 is 14.3 Å². The van der Waals surface area contributed by atoms with E-state index in [1.165, 1.54) is 6.20 Å². The number of aromatic nitrogens is 2. The zero-order valence-electron chi connectivity index (χ0n) is 10.8. The van der Waals surface area contributed by atoms with Gasteiger partial charge in [-0.3, -0.25) is 0 Å². The van der Waals surface area contributed by atoms with E-state index in [9.17, 15) is 4.79 Å². The van der Waals surface area contributed by atoms with Crippen LogP contribution >= 0.6 is 11.3 Å². The number of carbonyl (C=O) groups is 1. The number of carboxylic acid groups (broad SMARTS) is 1. The van der Waals surface area contributed by atoms with Crippen molar-refractivity contribution in [2.75, 3.05) is 0 Å². The zero-order chi connectivity index (χ0) is 14.7. The molecule has 0 aliphatic carbocycles. The van der Waals surface area contributed by atoms with Gasteiger partial charge in [0.2, 0.25) is 5.89 Å². The molecule has 3 rings (SSSR count). The third kappa shape index (κ3) is 3.06. The Labute approximate surface area is 124 Å². The number of thiazole rings is 1. The molecule has 2 aromatic heterocycles. The molecule has 1 aromatic carbocycles. The predicted molar refractivity (Wildman–Crippen MR) is 79.9 cm³/mol. The topological polar surface area (TPSA) is 76.2 Å². The number of oxazole rings is 1. The average Bonchev–Trinajstić information content (AvgIpc) is 3.15. The van der Waals surface area contributed by atoms with Crippen molar-refractivity contribution in [2.45, 2.75) is 0 Å².